The summed E-state index contributed by atoms with van der Waals surface area (Å²) < 4.78 is 17.0. The molecule has 438 valence electrons. The SMILES string of the molecule is N#Cc1ccc2c(c1)-c1ccccc1C2c1cnc2c(c1)C1(c3ccc(-n4c5ccccc5c5ccccc54)cc3Oc3cc(-n4c5ccc(C#N)cc5c5cc(-n6c7ccccc7c7ccncc76)ccc54)ccc31)c1cc(-n3c4ccccc4c4ccccc43)cnc1-2. The first kappa shape index (κ1) is 51.6. The third-order valence-corrected chi connectivity index (χ3v) is 20.7. The highest BCUT2D eigenvalue weighted by Gasteiger charge is 2.54. The number of hydrogen-bond donors (Lipinski definition) is 0. The number of nitrogens with zero attached hydrogens (tertiary/aromatic N) is 9. The van der Waals surface area contributed by atoms with E-state index in [0.29, 0.717) is 22.6 Å². The van der Waals surface area contributed by atoms with Gasteiger partial charge in [0.25, 0.3) is 0 Å². The predicted molar refractivity (Wildman–Crippen MR) is 377 cm³/mol. The van der Waals surface area contributed by atoms with Crippen LogP contribution in [0.25, 0.3) is 132 Å². The van der Waals surface area contributed by atoms with E-state index in [4.69, 9.17) is 14.7 Å². The first-order valence-electron chi connectivity index (χ1n) is 31.9. The Balaban J connectivity index is 0.852. The van der Waals surface area contributed by atoms with Crippen molar-refractivity contribution in [1.82, 2.24) is 33.2 Å². The van der Waals surface area contributed by atoms with Crippen LogP contribution in [0.4, 0.5) is 0 Å². The van der Waals surface area contributed by atoms with Gasteiger partial charge in [0.2, 0.25) is 0 Å². The maximum absolute atomic E-state index is 10.5. The van der Waals surface area contributed by atoms with Crippen LogP contribution >= 0.6 is 0 Å². The molecule has 2 atom stereocenters. The molecule has 2 aliphatic carbocycles. The molecule has 1 aliphatic heterocycles. The number of hydrogen-bond acceptors (Lipinski definition) is 6. The van der Waals surface area contributed by atoms with Crippen molar-refractivity contribution in [2.24, 2.45) is 0 Å². The smallest absolute Gasteiger partial charge is 0.134 e. The first-order chi connectivity index (χ1) is 47.0. The largest absolute Gasteiger partial charge is 0.457 e. The summed E-state index contributed by atoms with van der Waals surface area (Å²) in [6, 6.07) is 95.6. The lowest BCUT2D eigenvalue weighted by Crippen LogP contribution is -2.33. The molecule has 0 saturated heterocycles. The standard InChI is InChI=1S/C85H47N9O/c86-44-49-25-30-64-65(37-49)56-13-1-2-19-63(56)82(64)51-39-70-83(89-46-51)84-71(41-55(47-90-84)94-75-23-11-5-16-59(75)60-17-6-12-24-76(60)94)85(70)68-31-27-53(91-72-20-8-3-14-57(72)58-15-4-9-21-73(58)91)42-80(68)95-81-43-54(28-32-69(81)85)92-77-33-26-50(45-87)38-66(77)67-40-52(29-34-78(67)92)93-74-22-10-7-18-61(74)62-35-36-88-48-79(62)93/h1-43,46-48,82H. The van der Waals surface area contributed by atoms with Gasteiger partial charge in [-0.3, -0.25) is 15.0 Å². The van der Waals surface area contributed by atoms with E-state index in [0.717, 1.165) is 161 Å². The van der Waals surface area contributed by atoms with Crippen molar-refractivity contribution in [3.05, 3.63) is 330 Å². The molecule has 10 nitrogen and oxygen atoms in total. The number of aromatic nitrogens is 7. The quantitative estimate of drug-likeness (QED) is 0.170. The van der Waals surface area contributed by atoms with Crippen LogP contribution in [0.15, 0.2) is 280 Å². The third kappa shape index (κ3) is 6.85. The van der Waals surface area contributed by atoms with Crippen LogP contribution in [0.2, 0.25) is 0 Å². The Morgan fingerprint density at radius 2 is 0.789 bits per heavy atom. The second kappa shape index (κ2) is 19.0. The van der Waals surface area contributed by atoms with E-state index in [1.54, 1.807) is 0 Å². The highest BCUT2D eigenvalue weighted by Crippen LogP contribution is 2.63. The van der Waals surface area contributed by atoms with E-state index in [1.165, 1.54) is 10.8 Å². The monoisotopic (exact) mass is 1210 g/mol. The molecule has 0 amide bonds. The maximum Gasteiger partial charge on any atom is 0.134 e. The zero-order chi connectivity index (χ0) is 62.4. The lowest BCUT2D eigenvalue weighted by Gasteiger charge is -2.39. The summed E-state index contributed by atoms with van der Waals surface area (Å²) >= 11 is 0. The van der Waals surface area contributed by atoms with Gasteiger partial charge in [0, 0.05) is 113 Å². The van der Waals surface area contributed by atoms with Crippen LogP contribution in [-0.4, -0.2) is 33.2 Å². The highest BCUT2D eigenvalue weighted by molar-refractivity contribution is 6.14. The Morgan fingerprint density at radius 3 is 1.40 bits per heavy atom. The van der Waals surface area contributed by atoms with E-state index >= 15 is 0 Å². The third-order valence-electron chi connectivity index (χ3n) is 20.7. The number of fused-ring (bicyclic) bond motifs is 24. The molecule has 0 bridgehead atoms. The van der Waals surface area contributed by atoms with E-state index in [1.807, 2.05) is 42.9 Å². The summed E-state index contributed by atoms with van der Waals surface area (Å²) in [5, 5.41) is 29.6. The molecular weight excluding hydrogens is 1160 g/mol. The fourth-order valence-electron chi connectivity index (χ4n) is 16.9. The number of ether oxygens (including phenoxy) is 1. The summed E-state index contributed by atoms with van der Waals surface area (Å²) in [5.74, 6) is 1.20. The van der Waals surface area contributed by atoms with Crippen molar-refractivity contribution in [2.45, 2.75) is 11.3 Å². The van der Waals surface area contributed by atoms with Gasteiger partial charge in [-0.2, -0.15) is 10.5 Å². The van der Waals surface area contributed by atoms with Crippen molar-refractivity contribution in [3.8, 4) is 68.9 Å². The number of pyridine rings is 3. The Hall–Kier alpha value is -13.2. The maximum atomic E-state index is 10.5. The summed E-state index contributed by atoms with van der Waals surface area (Å²) in [6.45, 7) is 0. The van der Waals surface area contributed by atoms with Crippen LogP contribution in [0.5, 0.6) is 11.5 Å². The number of nitriles is 2. The van der Waals surface area contributed by atoms with Crippen molar-refractivity contribution in [3.63, 3.8) is 0 Å². The summed E-state index contributed by atoms with van der Waals surface area (Å²) in [4.78, 5) is 15.9. The zero-order valence-electron chi connectivity index (χ0n) is 50.6. The minimum Gasteiger partial charge on any atom is -0.457 e. The van der Waals surface area contributed by atoms with Gasteiger partial charge >= 0.3 is 0 Å². The Bertz CT molecular complexity index is 6420. The molecule has 0 N–H and O–H groups in total. The normalized spacial score (nSPS) is 14.9. The molecule has 11 aromatic carbocycles. The second-order valence-corrected chi connectivity index (χ2v) is 25.3. The molecule has 1 spiro atoms. The first-order valence-corrected chi connectivity index (χ1v) is 31.9. The molecule has 0 fully saturated rings. The van der Waals surface area contributed by atoms with Crippen LogP contribution in [0.3, 0.4) is 0 Å². The summed E-state index contributed by atoms with van der Waals surface area (Å²) in [5.41, 5.74) is 23.2. The van der Waals surface area contributed by atoms with Gasteiger partial charge in [0.15, 0.2) is 0 Å². The fraction of sp³-hybridized carbons (Fsp3) is 0.0235. The van der Waals surface area contributed by atoms with Crippen LogP contribution in [0.1, 0.15) is 56.0 Å². The Labute approximate surface area is 542 Å². The lowest BCUT2D eigenvalue weighted by molar-refractivity contribution is 0.435. The predicted octanol–water partition coefficient (Wildman–Crippen LogP) is 19.6. The van der Waals surface area contributed by atoms with Gasteiger partial charge in [0.05, 0.1) is 102 Å². The lowest BCUT2D eigenvalue weighted by atomic mass is 9.66. The van der Waals surface area contributed by atoms with Crippen molar-refractivity contribution >= 4 is 87.2 Å². The van der Waals surface area contributed by atoms with Gasteiger partial charge in [-0.15, -0.1) is 0 Å². The number of rotatable bonds is 5. The van der Waals surface area contributed by atoms with E-state index in [2.05, 4.69) is 272 Å². The summed E-state index contributed by atoms with van der Waals surface area (Å²) in [7, 11) is 0. The van der Waals surface area contributed by atoms with Crippen LogP contribution in [-0.2, 0) is 5.41 Å². The molecule has 21 rings (SSSR count). The van der Waals surface area contributed by atoms with Crippen LogP contribution in [0, 0.1) is 22.7 Å². The molecule has 0 saturated carbocycles. The minimum atomic E-state index is -1.07. The van der Waals surface area contributed by atoms with Crippen LogP contribution < -0.4 is 4.74 Å². The van der Waals surface area contributed by atoms with Crippen molar-refractivity contribution in [1.29, 1.82) is 10.5 Å². The second-order valence-electron chi connectivity index (χ2n) is 25.3. The average molecular weight is 1210 g/mol. The Morgan fingerprint density at radius 1 is 0.337 bits per heavy atom. The molecule has 10 heteroatoms. The van der Waals surface area contributed by atoms with Gasteiger partial charge in [-0.25, -0.2) is 0 Å². The molecule has 2 unspecified atom stereocenters. The molecule has 3 aliphatic rings. The average Bonchev–Trinajstić information content (AvgIpc) is 1.56. The van der Waals surface area contributed by atoms with E-state index < -0.39 is 5.41 Å². The Kier molecular flexibility index (Phi) is 10.3. The van der Waals surface area contributed by atoms with Crippen molar-refractivity contribution in [2.75, 3.05) is 0 Å². The van der Waals surface area contributed by atoms with Gasteiger partial charge in [0.1, 0.15) is 11.5 Å². The zero-order valence-corrected chi connectivity index (χ0v) is 50.6. The summed E-state index contributed by atoms with van der Waals surface area (Å²) in [6.07, 6.45) is 7.87. The number of para-hydroxylation sites is 5. The molecular formula is C85H47N9O. The van der Waals surface area contributed by atoms with Crippen molar-refractivity contribution < 1.29 is 4.74 Å². The van der Waals surface area contributed by atoms with Gasteiger partial charge in [-0.1, -0.05) is 133 Å². The molecule has 18 aromatic rings. The van der Waals surface area contributed by atoms with E-state index in [9.17, 15) is 10.5 Å². The highest BCUT2D eigenvalue weighted by atomic mass is 16.5. The molecule has 95 heavy (non-hydrogen) atoms. The van der Waals surface area contributed by atoms with Gasteiger partial charge in [-0.05, 0) is 137 Å². The fourth-order valence-corrected chi connectivity index (χ4v) is 16.9. The molecule has 7 aromatic heterocycles. The topological polar surface area (TPSA) is 115 Å². The van der Waals surface area contributed by atoms with E-state index in [-0.39, 0.29) is 5.92 Å². The minimum absolute atomic E-state index is 0.184. The molecule has 8 heterocycles. The number of benzene rings is 11. The molecule has 0 radical (unpaired) electrons. The van der Waals surface area contributed by atoms with Gasteiger partial charge < -0.3 is 23.0 Å².